The molecule has 4 rings (SSSR count). The lowest BCUT2D eigenvalue weighted by Gasteiger charge is -2.30. The van der Waals surface area contributed by atoms with E-state index >= 15 is 0 Å². The fraction of sp³-hybridized carbons (Fsp3) is 0.592. The fourth-order valence-corrected chi connectivity index (χ4v) is 11.9. The normalized spacial score (nSPS) is 17.5. The van der Waals surface area contributed by atoms with Crippen LogP contribution in [0.15, 0.2) is 53.5 Å². The fourth-order valence-electron chi connectivity index (χ4n) is 11.9. The zero-order chi connectivity index (χ0) is 84.3. The molecule has 0 aromatic heterocycles. The van der Waals surface area contributed by atoms with Crippen LogP contribution < -0.4 is 97.4 Å². The molecule has 0 radical (unpaired) electrons. The number of phenolic OH excluding ortho intramolecular Hbond substituents is 2. The van der Waals surface area contributed by atoms with Gasteiger partial charge in [0.25, 0.3) is 0 Å². The molecule has 42 heteroatoms. The third kappa shape index (κ3) is 31.7. The second kappa shape index (κ2) is 47.1. The van der Waals surface area contributed by atoms with Gasteiger partial charge < -0.3 is 133 Å². The summed E-state index contributed by atoms with van der Waals surface area (Å²) in [6.45, 7) is 6.08. The number of phenols is 2. The van der Waals surface area contributed by atoms with Crippen molar-refractivity contribution < 1.29 is 107 Å². The minimum absolute atomic E-state index is 0.00577. The highest BCUT2D eigenvalue weighted by Gasteiger charge is 2.41. The molecule has 0 unspecified atom stereocenters. The summed E-state index contributed by atoms with van der Waals surface area (Å²) >= 11 is 0. The number of likely N-dealkylation sites (tertiary alicyclic amines) is 1. The summed E-state index contributed by atoms with van der Waals surface area (Å²) in [6.07, 6.45) is -2.29. The molecule has 2 heterocycles. The number of nitrogens with one attached hydrogen (secondary N) is 14. The van der Waals surface area contributed by atoms with Gasteiger partial charge >= 0.3 is 5.97 Å². The van der Waals surface area contributed by atoms with Crippen LogP contribution >= 0.6 is 0 Å². The number of nitrogens with zero attached hydrogens (tertiary/aromatic N) is 2. The average molecular weight is 1600 g/mol. The summed E-state index contributed by atoms with van der Waals surface area (Å²) in [7, 11) is 0. The first-order valence-corrected chi connectivity index (χ1v) is 37.1. The lowest BCUT2D eigenvalue weighted by molar-refractivity contribution is -0.149. The third-order valence-corrected chi connectivity index (χ3v) is 18.5. The van der Waals surface area contributed by atoms with E-state index in [9.17, 15) is 107 Å². The first-order chi connectivity index (χ1) is 53.4. The maximum absolute atomic E-state index is 14.4. The van der Waals surface area contributed by atoms with E-state index in [1.807, 2.05) is 0 Å². The van der Waals surface area contributed by atoms with Gasteiger partial charge in [-0.25, -0.2) is 4.79 Å². The number of aliphatic imine (C=N–C) groups is 1. The Balaban J connectivity index is 1.43. The molecule has 0 aliphatic carbocycles. The number of carbonyl (C=O) groups excluding carboxylic acids is 15. The number of aliphatic hydroxyl groups is 3. The number of carboxylic acid groups (broad SMARTS) is 1. The number of nitrogens with two attached hydrogens (primary N) is 4. The van der Waals surface area contributed by atoms with Gasteiger partial charge in [0.1, 0.15) is 84.0 Å². The van der Waals surface area contributed by atoms with Crippen molar-refractivity contribution in [3.8, 4) is 11.5 Å². The van der Waals surface area contributed by atoms with Gasteiger partial charge in [-0.2, -0.15) is 0 Å². The number of carboxylic acids is 1. The van der Waals surface area contributed by atoms with Crippen molar-refractivity contribution in [3.05, 3.63) is 59.7 Å². The van der Waals surface area contributed by atoms with Crippen LogP contribution in [0.4, 0.5) is 0 Å². The highest BCUT2D eigenvalue weighted by molar-refractivity contribution is 6.01. The summed E-state index contributed by atoms with van der Waals surface area (Å²) in [4.78, 5) is 222. The largest absolute Gasteiger partial charge is 0.508 e. The van der Waals surface area contributed by atoms with Gasteiger partial charge in [-0.15, -0.1) is 0 Å². The number of guanidine groups is 1. The molecule has 0 saturated carbocycles. The van der Waals surface area contributed by atoms with E-state index in [1.54, 1.807) is 13.8 Å². The molecule has 2 aliphatic rings. The third-order valence-electron chi connectivity index (χ3n) is 18.5. The van der Waals surface area contributed by atoms with Gasteiger partial charge in [0.2, 0.25) is 88.6 Å². The summed E-state index contributed by atoms with van der Waals surface area (Å²) in [5.41, 5.74) is 22.9. The smallest absolute Gasteiger partial charge is 0.326 e. The van der Waals surface area contributed by atoms with E-state index in [4.69, 9.17) is 22.9 Å². The van der Waals surface area contributed by atoms with Crippen LogP contribution in [0.2, 0.25) is 0 Å². The maximum Gasteiger partial charge on any atom is 0.326 e. The Bertz CT molecular complexity index is 3650. The molecule has 113 heavy (non-hydrogen) atoms. The average Bonchev–Trinajstić information content (AvgIpc) is 1.82. The summed E-state index contributed by atoms with van der Waals surface area (Å²) < 4.78 is 0. The molecule has 0 bridgehead atoms. The molecule has 2 aliphatic heterocycles. The molecule has 2 saturated heterocycles. The van der Waals surface area contributed by atoms with Crippen LogP contribution in [-0.2, 0) is 89.6 Å². The summed E-state index contributed by atoms with van der Waals surface area (Å²) in [6, 6.07) is -8.50. The number of aliphatic hydroxyl groups excluding tert-OH is 3. The Kier molecular flexibility index (Phi) is 39.2. The Morgan fingerprint density at radius 2 is 0.982 bits per heavy atom. The number of hydrogen-bond acceptors (Lipinski definition) is 24. The molecular formula is C71H110N20O22. The minimum Gasteiger partial charge on any atom is -0.508 e. The lowest BCUT2D eigenvalue weighted by atomic mass is 9.96. The number of amides is 15. The predicted octanol–water partition coefficient (Wildman–Crippen LogP) is -8.83. The Morgan fingerprint density at radius 3 is 1.50 bits per heavy atom. The van der Waals surface area contributed by atoms with Gasteiger partial charge in [0.05, 0.1) is 44.4 Å². The first-order valence-electron chi connectivity index (χ1n) is 37.1. The monoisotopic (exact) mass is 1590 g/mol. The molecule has 28 N–H and O–H groups in total. The molecular weight excluding hydrogens is 1480 g/mol. The molecule has 2 aromatic rings. The van der Waals surface area contributed by atoms with Crippen molar-refractivity contribution in [2.75, 3.05) is 45.9 Å². The van der Waals surface area contributed by atoms with Crippen molar-refractivity contribution in [3.63, 3.8) is 0 Å². The van der Waals surface area contributed by atoms with Gasteiger partial charge in [0.15, 0.2) is 5.96 Å². The van der Waals surface area contributed by atoms with Crippen molar-refractivity contribution in [2.24, 2.45) is 33.8 Å². The maximum atomic E-state index is 14.4. The van der Waals surface area contributed by atoms with E-state index in [-0.39, 0.29) is 88.5 Å². The van der Waals surface area contributed by atoms with Gasteiger partial charge in [-0.1, -0.05) is 44.5 Å². The number of aliphatic carboxylic acids is 1. The predicted molar refractivity (Wildman–Crippen MR) is 402 cm³/mol. The number of primary amides is 1. The molecule has 0 spiro atoms. The van der Waals surface area contributed by atoms with Crippen molar-refractivity contribution in [2.45, 2.75) is 216 Å². The second-order valence-corrected chi connectivity index (χ2v) is 27.7. The molecule has 626 valence electrons. The molecule has 16 atom stereocenters. The van der Waals surface area contributed by atoms with Crippen LogP contribution in [0, 0.1) is 5.92 Å². The molecule has 15 amide bonds. The zero-order valence-corrected chi connectivity index (χ0v) is 63.9. The van der Waals surface area contributed by atoms with Crippen LogP contribution in [0.5, 0.6) is 11.5 Å². The van der Waals surface area contributed by atoms with Crippen molar-refractivity contribution in [1.82, 2.24) is 79.3 Å². The minimum atomic E-state index is -1.85. The van der Waals surface area contributed by atoms with Crippen LogP contribution in [0.1, 0.15) is 123 Å². The Labute approximate surface area is 651 Å². The quantitative estimate of drug-likeness (QED) is 0.0166. The highest BCUT2D eigenvalue weighted by atomic mass is 16.4. The molecule has 2 fully saturated rings. The Morgan fingerprint density at radius 1 is 0.522 bits per heavy atom. The summed E-state index contributed by atoms with van der Waals surface area (Å²) in [5.74, 6) is -17.3. The van der Waals surface area contributed by atoms with Crippen LogP contribution in [-0.4, -0.2) is 273 Å². The van der Waals surface area contributed by atoms with Gasteiger partial charge in [-0.3, -0.25) is 76.9 Å². The second-order valence-electron chi connectivity index (χ2n) is 27.7. The first kappa shape index (κ1) is 94.0. The zero-order valence-electron chi connectivity index (χ0n) is 63.9. The van der Waals surface area contributed by atoms with Crippen LogP contribution in [0.25, 0.3) is 0 Å². The van der Waals surface area contributed by atoms with Gasteiger partial charge in [0, 0.05) is 25.9 Å². The highest BCUT2D eigenvalue weighted by Crippen LogP contribution is 2.21. The van der Waals surface area contributed by atoms with E-state index in [0.29, 0.717) is 36.9 Å². The topological polar surface area (TPSA) is 683 Å². The SMILES string of the molecule is CC[C@H](C)[C@H](NC(=O)[C@H](CCCCN)NC(=O)[C@H](Cc1ccc(O)cc1)NC(=O)[C@@H](NC(=O)CNC(=O)[C@@H]1CCCN1)[C@@H](C)O)C(=O)N[C@H](C(=O)N[C@@H](C)C(=O)N[C@@H](CO)C(=O)N[C@@H](C)C(=O)N[C@@H](CCCN=C(N)N)C(=O)NCC(=O)N[C@@H](Cc1ccc(O)cc1)C(=O)N[C@@H](CC(N)=O)C(=O)N1CCC[C@H]1C(=O)O)[C@@H](C)O. The number of hydrogen-bond donors (Lipinski definition) is 24. The van der Waals surface area contributed by atoms with E-state index in [1.165, 1.54) is 55.5 Å². The number of benzene rings is 2. The van der Waals surface area contributed by atoms with E-state index in [2.05, 4.69) is 79.4 Å². The van der Waals surface area contributed by atoms with Gasteiger partial charge in [-0.05, 0) is 140 Å². The molecule has 2 aromatic carbocycles. The number of carbonyl (C=O) groups is 16. The summed E-state index contributed by atoms with van der Waals surface area (Å²) in [5, 5.41) is 95.9. The van der Waals surface area contributed by atoms with E-state index in [0.717, 1.165) is 32.1 Å². The number of unbranched alkanes of at least 4 members (excludes halogenated alkanes) is 1. The number of aromatic hydroxyl groups is 2. The molecule has 42 nitrogen and oxygen atoms in total. The van der Waals surface area contributed by atoms with Crippen molar-refractivity contribution in [1.29, 1.82) is 0 Å². The number of rotatable bonds is 47. The Hall–Kier alpha value is -11.4. The van der Waals surface area contributed by atoms with E-state index < -0.39 is 217 Å². The lowest BCUT2D eigenvalue weighted by Crippen LogP contribution is -2.63. The standard InChI is InChI=1S/C71H110N20O22/c1-7-35(2)55(89-62(104)46(13-8-9-25-72)84-64(106)48(30-41-19-23-43(96)24-20-41)85-68(110)56(38(5)93)88-54(99)33-78-60(102)44-14-10-26-76-44)66(108)90-57(39(6)94)67(109)81-37(4)59(101)87-50(34-92)65(107)80-36(3)58(100)83-45(15-11-27-77-71(74)75)61(103)79-32-53(98)82-47(29-40-17-21-42(95)22-18-40)63(105)86-49(31-52(73)97)69(111)91-28-12-16-51(91)70(112)113/h17-24,35-39,44-51,55-57,76,92-96H,7-16,25-34,72H2,1-6H3,(H2,73,97)(H,78,102)(H,79,103)(H,80,107)(H,81,109)(H,82,98)(H,83,100)(H,84,106)(H,85,110)(H,86,105)(H,87,101)(H,88,99)(H,89,104)(H,90,108)(H,112,113)(H4,74,75,77)/t35-,36-,37-,38+,39+,44-,45-,46-,47-,48-,49-,50-,51-,55-,56-,57-/m0/s1. The van der Waals surface area contributed by atoms with Crippen molar-refractivity contribution >= 4 is 101 Å². The van der Waals surface area contributed by atoms with Crippen LogP contribution in [0.3, 0.4) is 0 Å².